The van der Waals surface area contributed by atoms with Gasteiger partial charge in [-0.05, 0) is 42.3 Å². The van der Waals surface area contributed by atoms with Crippen LogP contribution in [0.3, 0.4) is 0 Å². The summed E-state index contributed by atoms with van der Waals surface area (Å²) in [4.78, 5) is 26.0. The summed E-state index contributed by atoms with van der Waals surface area (Å²) in [7, 11) is 1.54. The monoisotopic (exact) mass is 472 g/mol. The standard InChI is InChI=1S/C28H24O7/c1-3-32-28(30)26-23(24-25(35-26)19-11-7-8-12-20(19)34-27(24)29)18-13-14-21(22(15-18)31-2)33-16-17-9-5-4-6-10-17/h4-15,23,26H,3,16H2,1-2H3/t23-,26+/m0/s1. The minimum Gasteiger partial charge on any atom is -0.493 e. The molecule has 0 bridgehead atoms. The summed E-state index contributed by atoms with van der Waals surface area (Å²) in [5, 5.41) is 0.619. The summed E-state index contributed by atoms with van der Waals surface area (Å²) in [5.41, 5.74) is 1.78. The number of carbonyl (C=O) groups excluding carboxylic acids is 1. The van der Waals surface area contributed by atoms with Crippen LogP contribution in [0.5, 0.6) is 17.2 Å². The maximum absolute atomic E-state index is 13.1. The Morgan fingerprint density at radius 1 is 0.971 bits per heavy atom. The summed E-state index contributed by atoms with van der Waals surface area (Å²) in [6.45, 7) is 2.28. The minimum atomic E-state index is -1.04. The van der Waals surface area contributed by atoms with Gasteiger partial charge < -0.3 is 23.4 Å². The number of carbonyl (C=O) groups is 1. The van der Waals surface area contributed by atoms with Crippen molar-refractivity contribution in [1.29, 1.82) is 0 Å². The molecule has 0 aliphatic carbocycles. The highest BCUT2D eigenvalue weighted by Gasteiger charge is 2.45. The maximum Gasteiger partial charge on any atom is 0.348 e. The van der Waals surface area contributed by atoms with Gasteiger partial charge in [0.1, 0.15) is 17.9 Å². The average molecular weight is 472 g/mol. The number of rotatable bonds is 7. The van der Waals surface area contributed by atoms with Crippen molar-refractivity contribution in [2.24, 2.45) is 0 Å². The summed E-state index contributed by atoms with van der Waals surface area (Å²) in [6, 6.07) is 22.2. The lowest BCUT2D eigenvalue weighted by molar-refractivity contribution is -0.151. The number of hydrogen-bond donors (Lipinski definition) is 0. The Hall–Kier alpha value is -4.26. The molecule has 0 spiro atoms. The van der Waals surface area contributed by atoms with Crippen LogP contribution in [0.15, 0.2) is 82.0 Å². The molecule has 2 atom stereocenters. The molecule has 0 saturated carbocycles. The van der Waals surface area contributed by atoms with Crippen molar-refractivity contribution in [3.8, 4) is 17.2 Å². The summed E-state index contributed by atoms with van der Waals surface area (Å²) in [6.07, 6.45) is -1.04. The molecule has 2 heterocycles. The third-order valence-corrected chi connectivity index (χ3v) is 5.96. The Labute approximate surface area is 201 Å². The van der Waals surface area contributed by atoms with E-state index >= 15 is 0 Å². The van der Waals surface area contributed by atoms with Crippen molar-refractivity contribution in [2.45, 2.75) is 25.6 Å². The quantitative estimate of drug-likeness (QED) is 0.281. The van der Waals surface area contributed by atoms with Crippen molar-refractivity contribution in [2.75, 3.05) is 13.7 Å². The number of ether oxygens (including phenoxy) is 4. The van der Waals surface area contributed by atoms with E-state index in [1.54, 1.807) is 43.3 Å². The first kappa shape index (κ1) is 22.5. The van der Waals surface area contributed by atoms with Gasteiger partial charge in [-0.25, -0.2) is 9.59 Å². The van der Waals surface area contributed by atoms with Crippen LogP contribution in [0.25, 0.3) is 11.0 Å². The molecule has 1 aliphatic rings. The Bertz CT molecular complexity index is 1420. The molecule has 35 heavy (non-hydrogen) atoms. The van der Waals surface area contributed by atoms with Crippen molar-refractivity contribution in [3.63, 3.8) is 0 Å². The Morgan fingerprint density at radius 2 is 1.74 bits per heavy atom. The smallest absolute Gasteiger partial charge is 0.348 e. The lowest BCUT2D eigenvalue weighted by Gasteiger charge is -2.19. The number of esters is 1. The molecule has 0 radical (unpaired) electrons. The summed E-state index contributed by atoms with van der Waals surface area (Å²) >= 11 is 0. The normalized spacial score (nSPS) is 16.4. The van der Waals surface area contributed by atoms with Gasteiger partial charge in [-0.3, -0.25) is 0 Å². The van der Waals surface area contributed by atoms with Crippen LogP contribution in [-0.2, 0) is 16.1 Å². The number of benzene rings is 3. The SMILES string of the molecule is CCOC(=O)[C@@H]1Oc2c(c(=O)oc3ccccc23)[C@@H]1c1ccc(OCc2ccccc2)c(OC)c1. The zero-order chi connectivity index (χ0) is 24.4. The zero-order valence-corrected chi connectivity index (χ0v) is 19.4. The first-order chi connectivity index (χ1) is 17.1. The van der Waals surface area contributed by atoms with Gasteiger partial charge in [0.2, 0.25) is 6.10 Å². The molecule has 0 amide bonds. The Balaban J connectivity index is 1.57. The van der Waals surface area contributed by atoms with Gasteiger partial charge >= 0.3 is 11.6 Å². The lowest BCUT2D eigenvalue weighted by atomic mass is 9.88. The second kappa shape index (κ2) is 9.54. The third-order valence-electron chi connectivity index (χ3n) is 5.96. The second-order valence-electron chi connectivity index (χ2n) is 8.08. The highest BCUT2D eigenvalue weighted by Crippen LogP contribution is 2.46. The fourth-order valence-corrected chi connectivity index (χ4v) is 4.36. The van der Waals surface area contributed by atoms with Crippen LogP contribution < -0.4 is 19.8 Å². The lowest BCUT2D eigenvalue weighted by Crippen LogP contribution is -2.32. The van der Waals surface area contributed by atoms with Crippen LogP contribution in [0.2, 0.25) is 0 Å². The molecule has 0 N–H and O–H groups in total. The molecule has 0 unspecified atom stereocenters. The fraction of sp³-hybridized carbons (Fsp3) is 0.214. The number of hydrogen-bond acceptors (Lipinski definition) is 7. The van der Waals surface area contributed by atoms with Gasteiger partial charge in [-0.15, -0.1) is 0 Å². The predicted octanol–water partition coefficient (Wildman–Crippen LogP) is 4.84. The molecular weight excluding hydrogens is 448 g/mol. The number of methoxy groups -OCH3 is 1. The van der Waals surface area contributed by atoms with Crippen molar-refractivity contribution in [3.05, 3.63) is 99.9 Å². The highest BCUT2D eigenvalue weighted by atomic mass is 16.6. The van der Waals surface area contributed by atoms with Gasteiger partial charge in [0.15, 0.2) is 11.5 Å². The van der Waals surface area contributed by atoms with Gasteiger partial charge in [0, 0.05) is 0 Å². The first-order valence-corrected chi connectivity index (χ1v) is 11.3. The van der Waals surface area contributed by atoms with Gasteiger partial charge in [-0.2, -0.15) is 0 Å². The summed E-state index contributed by atoms with van der Waals surface area (Å²) in [5.74, 6) is 0.0583. The molecule has 178 valence electrons. The number of fused-ring (bicyclic) bond motifs is 3. The molecule has 7 heteroatoms. The van der Waals surface area contributed by atoms with E-state index in [1.165, 1.54) is 7.11 Å². The van der Waals surface area contributed by atoms with Gasteiger partial charge in [0.05, 0.1) is 30.6 Å². The van der Waals surface area contributed by atoms with Crippen LogP contribution >= 0.6 is 0 Å². The molecule has 0 saturated heterocycles. The maximum atomic E-state index is 13.1. The van der Waals surface area contributed by atoms with E-state index in [4.69, 9.17) is 23.4 Å². The highest BCUT2D eigenvalue weighted by molar-refractivity contribution is 5.88. The average Bonchev–Trinajstić information content (AvgIpc) is 3.30. The molecule has 7 nitrogen and oxygen atoms in total. The van der Waals surface area contributed by atoms with E-state index in [9.17, 15) is 9.59 Å². The molecule has 1 aliphatic heterocycles. The fourth-order valence-electron chi connectivity index (χ4n) is 4.36. The van der Waals surface area contributed by atoms with Crippen LogP contribution in [0, 0.1) is 0 Å². The van der Waals surface area contributed by atoms with E-state index in [0.717, 1.165) is 5.56 Å². The predicted molar refractivity (Wildman–Crippen MR) is 129 cm³/mol. The first-order valence-electron chi connectivity index (χ1n) is 11.3. The largest absolute Gasteiger partial charge is 0.493 e. The van der Waals surface area contributed by atoms with Crippen molar-refractivity contribution >= 4 is 16.9 Å². The molecule has 0 fully saturated rings. The Kier molecular flexibility index (Phi) is 6.14. The van der Waals surface area contributed by atoms with Crippen LogP contribution in [-0.4, -0.2) is 25.8 Å². The van der Waals surface area contributed by atoms with Crippen LogP contribution in [0.4, 0.5) is 0 Å². The molecule has 3 aromatic carbocycles. The van der Waals surface area contributed by atoms with E-state index in [-0.39, 0.29) is 12.2 Å². The Morgan fingerprint density at radius 3 is 2.51 bits per heavy atom. The number of para-hydroxylation sites is 1. The molecule has 4 aromatic rings. The van der Waals surface area contributed by atoms with E-state index in [1.807, 2.05) is 36.4 Å². The van der Waals surface area contributed by atoms with Crippen molar-refractivity contribution in [1.82, 2.24) is 0 Å². The minimum absolute atomic E-state index is 0.187. The molecule has 5 rings (SSSR count). The third kappa shape index (κ3) is 4.21. The topological polar surface area (TPSA) is 84.2 Å². The van der Waals surface area contributed by atoms with E-state index < -0.39 is 23.6 Å². The zero-order valence-electron chi connectivity index (χ0n) is 19.4. The van der Waals surface area contributed by atoms with E-state index in [0.29, 0.717) is 40.4 Å². The van der Waals surface area contributed by atoms with Gasteiger partial charge in [-0.1, -0.05) is 48.5 Å². The summed E-state index contributed by atoms with van der Waals surface area (Å²) < 4.78 is 28.5. The second-order valence-corrected chi connectivity index (χ2v) is 8.08. The van der Waals surface area contributed by atoms with E-state index in [2.05, 4.69) is 0 Å². The van der Waals surface area contributed by atoms with Crippen molar-refractivity contribution < 1.29 is 28.2 Å². The molecule has 1 aromatic heterocycles. The molecular formula is C28H24O7. The van der Waals surface area contributed by atoms with Crippen LogP contribution in [0.1, 0.15) is 29.5 Å². The van der Waals surface area contributed by atoms with Gasteiger partial charge in [0.25, 0.3) is 0 Å².